The van der Waals surface area contributed by atoms with Crippen molar-refractivity contribution in [1.29, 1.82) is 0 Å². The van der Waals surface area contributed by atoms with Gasteiger partial charge in [0.2, 0.25) is 11.8 Å². The first-order valence-electron chi connectivity index (χ1n) is 13.3. The van der Waals surface area contributed by atoms with Crippen LogP contribution in [-0.4, -0.2) is 47.6 Å². The van der Waals surface area contributed by atoms with Crippen molar-refractivity contribution in [3.05, 3.63) is 47.5 Å². The zero-order valence-electron chi connectivity index (χ0n) is 22.7. The van der Waals surface area contributed by atoms with Gasteiger partial charge in [0, 0.05) is 30.2 Å². The second kappa shape index (κ2) is 13.5. The second-order valence-corrected chi connectivity index (χ2v) is 9.57. The van der Waals surface area contributed by atoms with Crippen LogP contribution in [0.3, 0.4) is 0 Å². The van der Waals surface area contributed by atoms with Gasteiger partial charge in [-0.3, -0.25) is 14.4 Å². The Morgan fingerprint density at radius 1 is 0.950 bits per heavy atom. The number of Topliss-reactive ketones (excluding diaryl/α,β-unsaturated/α-hetero) is 1. The molecule has 3 aromatic rings. The number of ether oxygens (including phenoxy) is 2. The minimum atomic E-state index is -0.350. The number of benzene rings is 2. The minimum absolute atomic E-state index is 0.125. The number of nitrogens with zero attached hydrogens (tertiary/aromatic N) is 3. The smallest absolute Gasteiger partial charge is 0.264 e. The van der Waals surface area contributed by atoms with Gasteiger partial charge in [-0.05, 0) is 48.7 Å². The van der Waals surface area contributed by atoms with Crippen LogP contribution in [0.4, 0.5) is 5.69 Å². The fraction of sp³-hybridized carbons (Fsp3) is 0.379. The Kier molecular flexibility index (Phi) is 9.61. The molecule has 0 saturated carbocycles. The first-order valence-corrected chi connectivity index (χ1v) is 13.3. The Bertz CT molecular complexity index is 1460. The molecule has 1 aliphatic rings. The highest BCUT2D eigenvalue weighted by molar-refractivity contribution is 6.49. The van der Waals surface area contributed by atoms with Crippen molar-refractivity contribution in [2.24, 2.45) is 15.3 Å². The molecule has 0 radical (unpaired) electrons. The van der Waals surface area contributed by atoms with Gasteiger partial charge in [-0.2, -0.15) is 5.10 Å². The van der Waals surface area contributed by atoms with E-state index in [4.69, 9.17) is 9.47 Å². The maximum absolute atomic E-state index is 12.3. The van der Waals surface area contributed by atoms with Crippen molar-refractivity contribution < 1.29 is 29.0 Å². The molecule has 0 fully saturated rings. The summed E-state index contributed by atoms with van der Waals surface area (Å²) in [5.41, 5.74) is 5.21. The van der Waals surface area contributed by atoms with E-state index in [1.165, 1.54) is 0 Å². The molecule has 0 saturated heterocycles. The summed E-state index contributed by atoms with van der Waals surface area (Å²) in [5.74, 6) is 0.383. The number of aromatic nitrogens is 1. The Hall–Kier alpha value is -4.54. The number of hydrogen-bond donors (Lipinski definition) is 3. The number of carbonyl (C=O) groups excluding carboxylic acids is 3. The lowest BCUT2D eigenvalue weighted by molar-refractivity contribution is -0.121. The van der Waals surface area contributed by atoms with E-state index in [2.05, 4.69) is 25.7 Å². The van der Waals surface area contributed by atoms with Gasteiger partial charge in [0.05, 0.1) is 19.7 Å². The number of methoxy groups -OCH3 is 2. The average Bonchev–Trinajstić information content (AvgIpc) is 3.45. The van der Waals surface area contributed by atoms with Crippen LogP contribution in [0.25, 0.3) is 10.9 Å². The normalized spacial score (nSPS) is 13.8. The highest BCUT2D eigenvalue weighted by atomic mass is 16.5. The zero-order valence-corrected chi connectivity index (χ0v) is 22.7. The third-order valence-electron chi connectivity index (χ3n) is 6.74. The predicted octanol–water partition coefficient (Wildman–Crippen LogP) is 5.27. The quantitative estimate of drug-likeness (QED) is 0.150. The van der Waals surface area contributed by atoms with E-state index in [9.17, 15) is 19.5 Å². The standard InChI is InChI=1S/C29H33N5O6/c1-39-19-12-11-18-15-24(35)27(21(18)16-19)33-31-25(36)9-7-5-3-4-6-8-10-26(37)32-34-28-22-17-20(40-2)13-14-23(22)30-29(28)38/h11-14,16-17,30,38H,3-10,15H2,1-2H3,(H,31,36)/b33-27+,34-32?. The summed E-state index contributed by atoms with van der Waals surface area (Å²) in [7, 11) is 3.10. The molecule has 0 aliphatic heterocycles. The lowest BCUT2D eigenvalue weighted by Crippen LogP contribution is -2.21. The molecular weight excluding hydrogens is 514 g/mol. The topological polar surface area (TPSA) is 155 Å². The van der Waals surface area contributed by atoms with Crippen LogP contribution >= 0.6 is 0 Å². The van der Waals surface area contributed by atoms with Crippen LogP contribution in [0.15, 0.2) is 51.7 Å². The molecule has 2 aromatic carbocycles. The van der Waals surface area contributed by atoms with Crippen molar-refractivity contribution in [2.75, 3.05) is 14.2 Å². The number of unbranched alkanes of at least 4 members (excludes halogenated alkanes) is 5. The van der Waals surface area contributed by atoms with Crippen molar-refractivity contribution in [1.82, 2.24) is 10.4 Å². The molecule has 210 valence electrons. The van der Waals surface area contributed by atoms with Crippen LogP contribution in [-0.2, 0) is 20.8 Å². The maximum Gasteiger partial charge on any atom is 0.264 e. The predicted molar refractivity (Wildman–Crippen MR) is 149 cm³/mol. The number of aromatic hydroxyl groups is 1. The fourth-order valence-electron chi connectivity index (χ4n) is 4.56. The fourth-order valence-corrected chi connectivity index (χ4v) is 4.56. The van der Waals surface area contributed by atoms with E-state index in [1.54, 1.807) is 44.6 Å². The van der Waals surface area contributed by atoms with Gasteiger partial charge in [0.15, 0.2) is 11.5 Å². The number of amides is 2. The largest absolute Gasteiger partial charge is 0.497 e. The van der Waals surface area contributed by atoms with E-state index in [-0.39, 0.29) is 47.7 Å². The monoisotopic (exact) mass is 547 g/mol. The van der Waals surface area contributed by atoms with Gasteiger partial charge in [-0.25, -0.2) is 5.43 Å². The summed E-state index contributed by atoms with van der Waals surface area (Å²) < 4.78 is 10.4. The Morgan fingerprint density at radius 2 is 1.62 bits per heavy atom. The van der Waals surface area contributed by atoms with Gasteiger partial charge < -0.3 is 19.6 Å². The van der Waals surface area contributed by atoms with Gasteiger partial charge in [-0.1, -0.05) is 31.7 Å². The minimum Gasteiger partial charge on any atom is -0.497 e. The van der Waals surface area contributed by atoms with Gasteiger partial charge >= 0.3 is 0 Å². The first kappa shape index (κ1) is 28.5. The number of H-pyrrole nitrogens is 1. The lowest BCUT2D eigenvalue weighted by Gasteiger charge is -2.04. The van der Waals surface area contributed by atoms with Crippen molar-refractivity contribution in [3.63, 3.8) is 0 Å². The number of hydrogen-bond acceptors (Lipinski definition) is 8. The second-order valence-electron chi connectivity index (χ2n) is 9.57. The van der Waals surface area contributed by atoms with E-state index < -0.39 is 0 Å². The highest BCUT2D eigenvalue weighted by Gasteiger charge is 2.27. The number of azo groups is 1. The molecule has 0 bridgehead atoms. The molecule has 11 nitrogen and oxygen atoms in total. The lowest BCUT2D eigenvalue weighted by atomic mass is 10.1. The van der Waals surface area contributed by atoms with Gasteiger partial charge in [-0.15, -0.1) is 10.2 Å². The third kappa shape index (κ3) is 7.10. The van der Waals surface area contributed by atoms with E-state index >= 15 is 0 Å². The van der Waals surface area contributed by atoms with E-state index in [1.807, 2.05) is 6.07 Å². The molecule has 1 aliphatic carbocycles. The summed E-state index contributed by atoms with van der Waals surface area (Å²) in [6.45, 7) is 0. The highest BCUT2D eigenvalue weighted by Crippen LogP contribution is 2.37. The molecule has 2 amide bonds. The molecule has 1 aromatic heterocycles. The Morgan fingerprint density at radius 3 is 2.38 bits per heavy atom. The number of nitrogens with one attached hydrogen (secondary N) is 2. The molecule has 0 unspecified atom stereocenters. The number of rotatable bonds is 13. The number of fused-ring (bicyclic) bond motifs is 2. The zero-order chi connectivity index (χ0) is 28.5. The van der Waals surface area contributed by atoms with Crippen LogP contribution < -0.4 is 14.9 Å². The van der Waals surface area contributed by atoms with Crippen molar-refractivity contribution in [2.45, 2.75) is 57.8 Å². The van der Waals surface area contributed by atoms with Crippen LogP contribution in [0, 0.1) is 0 Å². The van der Waals surface area contributed by atoms with Crippen LogP contribution in [0.2, 0.25) is 0 Å². The van der Waals surface area contributed by atoms with E-state index in [0.717, 1.165) is 31.2 Å². The number of carbonyl (C=O) groups is 3. The Labute approximate surface area is 231 Å². The number of aromatic amines is 1. The molecule has 4 rings (SSSR count). The summed E-state index contributed by atoms with van der Waals surface area (Å²) in [6.07, 6.45) is 5.87. The number of ketones is 1. The summed E-state index contributed by atoms with van der Waals surface area (Å²) in [6, 6.07) is 10.6. The third-order valence-corrected chi connectivity index (χ3v) is 6.74. The van der Waals surface area contributed by atoms with Gasteiger partial charge in [0.25, 0.3) is 5.91 Å². The van der Waals surface area contributed by atoms with Gasteiger partial charge in [0.1, 0.15) is 17.2 Å². The van der Waals surface area contributed by atoms with Crippen LogP contribution in [0.1, 0.15) is 62.5 Å². The SMILES string of the molecule is COc1ccc2c(c1)/C(=N\NC(=O)CCCCCCCCC(=O)N=Nc1c(O)[nH]c3ccc(OC)cc13)C(=O)C2. The molecular formula is C29H33N5O6. The molecule has 3 N–H and O–H groups in total. The van der Waals surface area contributed by atoms with E-state index in [0.29, 0.717) is 47.2 Å². The van der Waals surface area contributed by atoms with Crippen molar-refractivity contribution in [3.8, 4) is 17.4 Å². The molecule has 40 heavy (non-hydrogen) atoms. The average molecular weight is 548 g/mol. The number of hydrazone groups is 1. The molecule has 0 spiro atoms. The van der Waals surface area contributed by atoms with Crippen molar-refractivity contribution >= 4 is 39.9 Å². The molecule has 11 heteroatoms. The summed E-state index contributed by atoms with van der Waals surface area (Å²) in [4.78, 5) is 39.4. The summed E-state index contributed by atoms with van der Waals surface area (Å²) in [5, 5.41) is 22.5. The van der Waals surface area contributed by atoms with Crippen LogP contribution in [0.5, 0.6) is 17.4 Å². The molecule has 0 atom stereocenters. The summed E-state index contributed by atoms with van der Waals surface area (Å²) >= 11 is 0. The maximum atomic E-state index is 12.3. The first-order chi connectivity index (χ1) is 19.4. The molecule has 1 heterocycles. The Balaban J connectivity index is 1.10.